The number of nitrogen functional groups attached to an aromatic ring is 1. The van der Waals surface area contributed by atoms with Crippen molar-refractivity contribution in [3.05, 3.63) is 18.2 Å². The van der Waals surface area contributed by atoms with Crippen LogP contribution >= 0.6 is 0 Å². The van der Waals surface area contributed by atoms with E-state index in [1.54, 1.807) is 7.11 Å². The van der Waals surface area contributed by atoms with Crippen molar-refractivity contribution in [1.82, 2.24) is 20.2 Å². The fraction of sp³-hybridized carbons (Fsp3) is 0.500. The van der Waals surface area contributed by atoms with E-state index in [2.05, 4.69) is 36.3 Å². The van der Waals surface area contributed by atoms with Gasteiger partial charge in [0.15, 0.2) is 5.82 Å². The van der Waals surface area contributed by atoms with Gasteiger partial charge in [-0.15, -0.1) is 5.10 Å². The first-order valence-electron chi connectivity index (χ1n) is 6.72. The van der Waals surface area contributed by atoms with Crippen LogP contribution in [-0.2, 0) is 5.54 Å². The fourth-order valence-electron chi connectivity index (χ4n) is 2.37. The average molecular weight is 275 g/mol. The van der Waals surface area contributed by atoms with E-state index in [1.807, 2.05) is 22.9 Å². The summed E-state index contributed by atoms with van der Waals surface area (Å²) < 4.78 is 7.03. The first-order valence-corrected chi connectivity index (χ1v) is 6.72. The Morgan fingerprint density at radius 3 is 2.70 bits per heavy atom. The SMILES string of the molecule is CCCC(C)(C)n1nnnc1-c1ccc(OC)c(N)c1. The Kier molecular flexibility index (Phi) is 3.92. The van der Waals surface area contributed by atoms with Crippen LogP contribution in [0.2, 0.25) is 0 Å². The highest BCUT2D eigenvalue weighted by atomic mass is 16.5. The molecule has 0 aliphatic carbocycles. The van der Waals surface area contributed by atoms with E-state index in [0.29, 0.717) is 11.4 Å². The lowest BCUT2D eigenvalue weighted by atomic mass is 9.98. The number of nitrogens with zero attached hydrogens (tertiary/aromatic N) is 4. The van der Waals surface area contributed by atoms with Gasteiger partial charge in [0.05, 0.1) is 18.3 Å². The molecule has 20 heavy (non-hydrogen) atoms. The monoisotopic (exact) mass is 275 g/mol. The zero-order valence-corrected chi connectivity index (χ0v) is 12.4. The second-order valence-corrected chi connectivity index (χ2v) is 5.43. The molecule has 0 aliphatic heterocycles. The van der Waals surface area contributed by atoms with Gasteiger partial charge in [-0.05, 0) is 48.9 Å². The van der Waals surface area contributed by atoms with Gasteiger partial charge in [0, 0.05) is 5.56 Å². The first kappa shape index (κ1) is 14.3. The summed E-state index contributed by atoms with van der Waals surface area (Å²) in [5, 5.41) is 12.1. The number of rotatable bonds is 5. The van der Waals surface area contributed by atoms with Gasteiger partial charge < -0.3 is 10.5 Å². The molecule has 0 radical (unpaired) electrons. The lowest BCUT2D eigenvalue weighted by Crippen LogP contribution is -2.28. The van der Waals surface area contributed by atoms with Gasteiger partial charge in [0.25, 0.3) is 0 Å². The van der Waals surface area contributed by atoms with Crippen LogP contribution in [-0.4, -0.2) is 27.3 Å². The van der Waals surface area contributed by atoms with E-state index in [1.165, 1.54) is 0 Å². The Morgan fingerprint density at radius 2 is 2.10 bits per heavy atom. The predicted octanol–water partition coefficient (Wildman–Crippen LogP) is 2.47. The van der Waals surface area contributed by atoms with Crippen molar-refractivity contribution in [2.75, 3.05) is 12.8 Å². The Balaban J connectivity index is 2.44. The summed E-state index contributed by atoms with van der Waals surface area (Å²) in [6, 6.07) is 5.58. The maximum atomic E-state index is 5.95. The number of hydrogen-bond donors (Lipinski definition) is 1. The predicted molar refractivity (Wildman–Crippen MR) is 78.4 cm³/mol. The molecule has 0 aliphatic rings. The summed E-state index contributed by atoms with van der Waals surface area (Å²) in [5.41, 5.74) is 7.28. The molecule has 2 N–H and O–H groups in total. The first-order chi connectivity index (χ1) is 9.49. The van der Waals surface area contributed by atoms with Gasteiger partial charge >= 0.3 is 0 Å². The molecule has 2 rings (SSSR count). The van der Waals surface area contributed by atoms with Crippen molar-refractivity contribution >= 4 is 5.69 Å². The molecule has 0 amide bonds. The van der Waals surface area contributed by atoms with Gasteiger partial charge in [-0.2, -0.15) is 0 Å². The molecule has 0 saturated heterocycles. The molecule has 108 valence electrons. The molecule has 6 nitrogen and oxygen atoms in total. The van der Waals surface area contributed by atoms with Crippen LogP contribution in [0.3, 0.4) is 0 Å². The second-order valence-electron chi connectivity index (χ2n) is 5.43. The minimum absolute atomic E-state index is 0.137. The molecular formula is C14H21N5O. The number of tetrazole rings is 1. The van der Waals surface area contributed by atoms with Crippen LogP contribution in [0.4, 0.5) is 5.69 Å². The Morgan fingerprint density at radius 1 is 1.35 bits per heavy atom. The van der Waals surface area contributed by atoms with Crippen LogP contribution in [0, 0.1) is 0 Å². The molecule has 0 atom stereocenters. The quantitative estimate of drug-likeness (QED) is 0.848. The standard InChI is InChI=1S/C14H21N5O/c1-5-8-14(2,3)19-13(16-17-18-19)10-6-7-12(20-4)11(15)9-10/h6-7,9H,5,8,15H2,1-4H3. The molecule has 1 heterocycles. The van der Waals surface area contributed by atoms with Crippen molar-refractivity contribution < 1.29 is 4.74 Å². The molecule has 0 spiro atoms. The number of nitrogens with two attached hydrogens (primary N) is 1. The normalized spacial score (nSPS) is 11.6. The highest BCUT2D eigenvalue weighted by Gasteiger charge is 2.25. The van der Waals surface area contributed by atoms with E-state index < -0.39 is 0 Å². The van der Waals surface area contributed by atoms with E-state index in [0.717, 1.165) is 24.2 Å². The van der Waals surface area contributed by atoms with E-state index in [-0.39, 0.29) is 5.54 Å². The summed E-state index contributed by atoms with van der Waals surface area (Å²) in [7, 11) is 1.60. The maximum absolute atomic E-state index is 5.95. The van der Waals surface area contributed by atoms with E-state index >= 15 is 0 Å². The van der Waals surface area contributed by atoms with Crippen molar-refractivity contribution in [3.8, 4) is 17.1 Å². The number of aromatic nitrogens is 4. The summed E-state index contributed by atoms with van der Waals surface area (Å²) >= 11 is 0. The Hall–Kier alpha value is -2.11. The molecule has 0 fully saturated rings. The van der Waals surface area contributed by atoms with Crippen LogP contribution in [0.15, 0.2) is 18.2 Å². The topological polar surface area (TPSA) is 78.8 Å². The number of hydrogen-bond acceptors (Lipinski definition) is 5. The Labute approximate surface area is 118 Å². The van der Waals surface area contributed by atoms with Gasteiger partial charge in [-0.25, -0.2) is 4.68 Å². The molecule has 6 heteroatoms. The zero-order valence-electron chi connectivity index (χ0n) is 12.4. The van der Waals surface area contributed by atoms with Gasteiger partial charge in [0.2, 0.25) is 0 Å². The van der Waals surface area contributed by atoms with Crippen LogP contribution in [0.25, 0.3) is 11.4 Å². The van der Waals surface area contributed by atoms with Gasteiger partial charge in [0.1, 0.15) is 5.75 Å². The lowest BCUT2D eigenvalue weighted by Gasteiger charge is -2.25. The molecule has 0 unspecified atom stereocenters. The number of anilines is 1. The zero-order chi connectivity index (χ0) is 14.8. The van der Waals surface area contributed by atoms with Crippen LogP contribution < -0.4 is 10.5 Å². The summed E-state index contributed by atoms with van der Waals surface area (Å²) in [6.07, 6.45) is 2.06. The number of methoxy groups -OCH3 is 1. The second kappa shape index (κ2) is 5.48. The molecular weight excluding hydrogens is 254 g/mol. The average Bonchev–Trinajstić information content (AvgIpc) is 2.88. The van der Waals surface area contributed by atoms with Gasteiger partial charge in [-0.3, -0.25) is 0 Å². The number of benzene rings is 1. The Bertz CT molecular complexity index is 591. The summed E-state index contributed by atoms with van der Waals surface area (Å²) in [5.74, 6) is 1.37. The maximum Gasteiger partial charge on any atom is 0.182 e. The van der Waals surface area contributed by atoms with Gasteiger partial charge in [-0.1, -0.05) is 13.3 Å². The minimum atomic E-state index is -0.137. The smallest absolute Gasteiger partial charge is 0.182 e. The highest BCUT2D eigenvalue weighted by molar-refractivity contribution is 5.66. The third-order valence-electron chi connectivity index (χ3n) is 3.39. The molecule has 1 aromatic carbocycles. The van der Waals surface area contributed by atoms with Crippen LogP contribution in [0.5, 0.6) is 5.75 Å². The van der Waals surface area contributed by atoms with E-state index in [9.17, 15) is 0 Å². The van der Waals surface area contributed by atoms with Crippen molar-refractivity contribution in [2.24, 2.45) is 0 Å². The van der Waals surface area contributed by atoms with Crippen LogP contribution in [0.1, 0.15) is 33.6 Å². The summed E-state index contributed by atoms with van der Waals surface area (Å²) in [6.45, 7) is 6.41. The molecule has 1 aromatic heterocycles. The highest BCUT2D eigenvalue weighted by Crippen LogP contribution is 2.30. The van der Waals surface area contributed by atoms with Crippen molar-refractivity contribution in [2.45, 2.75) is 39.2 Å². The minimum Gasteiger partial charge on any atom is -0.495 e. The fourth-order valence-corrected chi connectivity index (χ4v) is 2.37. The third kappa shape index (κ3) is 2.59. The van der Waals surface area contributed by atoms with Crippen molar-refractivity contribution in [3.63, 3.8) is 0 Å². The molecule has 2 aromatic rings. The van der Waals surface area contributed by atoms with Crippen molar-refractivity contribution in [1.29, 1.82) is 0 Å². The molecule has 0 saturated carbocycles. The number of ether oxygens (including phenoxy) is 1. The third-order valence-corrected chi connectivity index (χ3v) is 3.39. The largest absolute Gasteiger partial charge is 0.495 e. The molecule has 0 bridgehead atoms. The lowest BCUT2D eigenvalue weighted by molar-refractivity contribution is 0.290. The van der Waals surface area contributed by atoms with E-state index in [4.69, 9.17) is 10.5 Å². The summed E-state index contributed by atoms with van der Waals surface area (Å²) in [4.78, 5) is 0.